The number of esters is 1. The number of para-hydroxylation sites is 1. The second kappa shape index (κ2) is 5.71. The van der Waals surface area contributed by atoms with E-state index in [0.717, 1.165) is 0 Å². The molecule has 1 rings (SSSR count). The Morgan fingerprint density at radius 2 is 2.20 bits per heavy atom. The van der Waals surface area contributed by atoms with Crippen molar-refractivity contribution in [1.82, 2.24) is 0 Å². The van der Waals surface area contributed by atoms with E-state index in [9.17, 15) is 4.79 Å². The van der Waals surface area contributed by atoms with Crippen molar-refractivity contribution in [3.8, 4) is 12.3 Å². The summed E-state index contributed by atoms with van der Waals surface area (Å²) in [5, 5.41) is 0. The molecule has 78 valence electrons. The fourth-order valence-electron chi connectivity index (χ4n) is 1.10. The topological polar surface area (TPSA) is 52.3 Å². The van der Waals surface area contributed by atoms with Gasteiger partial charge in [0, 0.05) is 12.1 Å². The van der Waals surface area contributed by atoms with Crippen LogP contribution < -0.4 is 5.73 Å². The van der Waals surface area contributed by atoms with E-state index in [1.54, 1.807) is 24.3 Å². The van der Waals surface area contributed by atoms with Crippen molar-refractivity contribution < 1.29 is 9.53 Å². The third kappa shape index (κ3) is 3.35. The average Bonchev–Trinajstić information content (AvgIpc) is 2.25. The maximum absolute atomic E-state index is 11.5. The minimum absolute atomic E-state index is 0.331. The fourth-order valence-corrected chi connectivity index (χ4v) is 1.10. The summed E-state index contributed by atoms with van der Waals surface area (Å²) in [6, 6.07) is 6.82. The molecule has 0 heterocycles. The fraction of sp³-hybridized carbons (Fsp3) is 0.250. The summed E-state index contributed by atoms with van der Waals surface area (Å²) in [5.41, 5.74) is 6.45. The molecule has 0 unspecified atom stereocenters. The van der Waals surface area contributed by atoms with Crippen LogP contribution in [0.15, 0.2) is 24.3 Å². The quantitative estimate of drug-likeness (QED) is 0.351. The SMILES string of the molecule is C#CCCCOC(=O)c1ccccc1N. The molecule has 0 saturated carbocycles. The predicted octanol–water partition coefficient (Wildman–Crippen LogP) is 1.84. The van der Waals surface area contributed by atoms with Gasteiger partial charge < -0.3 is 10.5 Å². The molecule has 0 saturated heterocycles. The normalized spacial score (nSPS) is 9.27. The first-order valence-corrected chi connectivity index (χ1v) is 4.71. The second-order valence-electron chi connectivity index (χ2n) is 3.03. The summed E-state index contributed by atoms with van der Waals surface area (Å²) in [7, 11) is 0. The number of unbranched alkanes of at least 4 members (excludes halogenated alkanes) is 1. The number of hydrogen-bond donors (Lipinski definition) is 1. The zero-order chi connectivity index (χ0) is 11.1. The molecule has 0 aromatic heterocycles. The van der Waals surface area contributed by atoms with E-state index < -0.39 is 5.97 Å². The molecule has 15 heavy (non-hydrogen) atoms. The van der Waals surface area contributed by atoms with Gasteiger partial charge in [0.05, 0.1) is 12.2 Å². The molecule has 1 aromatic carbocycles. The first-order chi connectivity index (χ1) is 7.25. The first kappa shape index (κ1) is 11.1. The molecule has 0 fully saturated rings. The Hall–Kier alpha value is -1.95. The molecule has 0 aliphatic carbocycles. The number of terminal acetylenes is 1. The molecule has 0 aliphatic heterocycles. The molecular formula is C12H13NO2. The minimum atomic E-state index is -0.398. The number of nitrogen functional groups attached to an aromatic ring is 1. The lowest BCUT2D eigenvalue weighted by Gasteiger charge is -2.05. The molecule has 0 amide bonds. The maximum Gasteiger partial charge on any atom is 0.340 e. The summed E-state index contributed by atoms with van der Waals surface area (Å²) in [5.74, 6) is 2.08. The molecule has 0 spiro atoms. The van der Waals surface area contributed by atoms with Crippen LogP contribution in [0.4, 0.5) is 5.69 Å². The molecule has 1 aromatic rings. The van der Waals surface area contributed by atoms with Gasteiger partial charge in [-0.15, -0.1) is 12.3 Å². The van der Waals surface area contributed by atoms with E-state index in [1.807, 2.05) is 0 Å². The van der Waals surface area contributed by atoms with Crippen molar-refractivity contribution in [2.24, 2.45) is 0 Å². The highest BCUT2D eigenvalue weighted by Crippen LogP contribution is 2.11. The lowest BCUT2D eigenvalue weighted by atomic mass is 10.2. The van der Waals surface area contributed by atoms with Gasteiger partial charge in [-0.1, -0.05) is 12.1 Å². The molecular weight excluding hydrogens is 190 g/mol. The summed E-state index contributed by atoms with van der Waals surface area (Å²) in [4.78, 5) is 11.5. The number of hydrogen-bond acceptors (Lipinski definition) is 3. The van der Waals surface area contributed by atoms with E-state index in [2.05, 4.69) is 5.92 Å². The monoisotopic (exact) mass is 203 g/mol. The number of carbonyl (C=O) groups excluding carboxylic acids is 1. The van der Waals surface area contributed by atoms with Gasteiger partial charge in [0.15, 0.2) is 0 Å². The van der Waals surface area contributed by atoms with Gasteiger partial charge in [-0.2, -0.15) is 0 Å². The Morgan fingerprint density at radius 1 is 1.47 bits per heavy atom. The van der Waals surface area contributed by atoms with E-state index >= 15 is 0 Å². The average molecular weight is 203 g/mol. The summed E-state index contributed by atoms with van der Waals surface area (Å²) < 4.78 is 5.00. The molecule has 0 aliphatic rings. The second-order valence-corrected chi connectivity index (χ2v) is 3.03. The predicted molar refractivity (Wildman–Crippen MR) is 59.2 cm³/mol. The Bertz CT molecular complexity index is 379. The number of anilines is 1. The van der Waals surface area contributed by atoms with Crippen molar-refractivity contribution in [2.75, 3.05) is 12.3 Å². The van der Waals surface area contributed by atoms with Crippen LogP contribution in [-0.4, -0.2) is 12.6 Å². The Kier molecular flexibility index (Phi) is 4.24. The van der Waals surface area contributed by atoms with Gasteiger partial charge in [0.25, 0.3) is 0 Å². The summed E-state index contributed by atoms with van der Waals surface area (Å²) in [6.07, 6.45) is 6.35. The molecule has 0 radical (unpaired) electrons. The Labute approximate surface area is 89.2 Å². The van der Waals surface area contributed by atoms with Gasteiger partial charge >= 0.3 is 5.97 Å². The number of rotatable bonds is 4. The highest BCUT2D eigenvalue weighted by Gasteiger charge is 2.09. The number of nitrogens with two attached hydrogens (primary N) is 1. The number of ether oxygens (including phenoxy) is 1. The standard InChI is InChI=1S/C12H13NO2/c1-2-3-6-9-15-12(14)10-7-4-5-8-11(10)13/h1,4-5,7-8H,3,6,9,13H2. The van der Waals surface area contributed by atoms with Crippen LogP contribution in [-0.2, 0) is 4.74 Å². The molecule has 0 atom stereocenters. The number of benzene rings is 1. The third-order valence-corrected chi connectivity index (χ3v) is 1.88. The van der Waals surface area contributed by atoms with E-state index in [-0.39, 0.29) is 0 Å². The van der Waals surface area contributed by atoms with E-state index in [0.29, 0.717) is 30.7 Å². The zero-order valence-corrected chi connectivity index (χ0v) is 8.40. The van der Waals surface area contributed by atoms with Crippen molar-refractivity contribution >= 4 is 11.7 Å². The van der Waals surface area contributed by atoms with Crippen molar-refractivity contribution in [3.63, 3.8) is 0 Å². The molecule has 2 N–H and O–H groups in total. The summed E-state index contributed by atoms with van der Waals surface area (Å²) in [6.45, 7) is 0.331. The highest BCUT2D eigenvalue weighted by atomic mass is 16.5. The molecule has 3 heteroatoms. The highest BCUT2D eigenvalue weighted by molar-refractivity contribution is 5.94. The molecule has 0 bridgehead atoms. The third-order valence-electron chi connectivity index (χ3n) is 1.88. The lowest BCUT2D eigenvalue weighted by Crippen LogP contribution is -2.08. The van der Waals surface area contributed by atoms with Crippen LogP contribution in [0.2, 0.25) is 0 Å². The van der Waals surface area contributed by atoms with Gasteiger partial charge in [0.2, 0.25) is 0 Å². The van der Waals surface area contributed by atoms with Crippen LogP contribution in [0.3, 0.4) is 0 Å². The smallest absolute Gasteiger partial charge is 0.340 e. The van der Waals surface area contributed by atoms with Gasteiger partial charge in [0.1, 0.15) is 0 Å². The van der Waals surface area contributed by atoms with Crippen LogP contribution in [0.25, 0.3) is 0 Å². The van der Waals surface area contributed by atoms with Gasteiger partial charge in [-0.3, -0.25) is 0 Å². The Morgan fingerprint density at radius 3 is 2.87 bits per heavy atom. The molecule has 3 nitrogen and oxygen atoms in total. The summed E-state index contributed by atoms with van der Waals surface area (Å²) >= 11 is 0. The largest absolute Gasteiger partial charge is 0.462 e. The van der Waals surface area contributed by atoms with Crippen molar-refractivity contribution in [1.29, 1.82) is 0 Å². The lowest BCUT2D eigenvalue weighted by molar-refractivity contribution is 0.0503. The van der Waals surface area contributed by atoms with Gasteiger partial charge in [-0.25, -0.2) is 4.79 Å². The first-order valence-electron chi connectivity index (χ1n) is 4.71. The van der Waals surface area contributed by atoms with Crippen molar-refractivity contribution in [2.45, 2.75) is 12.8 Å². The zero-order valence-electron chi connectivity index (χ0n) is 8.40. The van der Waals surface area contributed by atoms with Crippen molar-refractivity contribution in [3.05, 3.63) is 29.8 Å². The van der Waals surface area contributed by atoms with Gasteiger partial charge in [-0.05, 0) is 18.6 Å². The maximum atomic E-state index is 11.5. The van der Waals surface area contributed by atoms with E-state index in [4.69, 9.17) is 16.9 Å². The van der Waals surface area contributed by atoms with Crippen LogP contribution >= 0.6 is 0 Å². The van der Waals surface area contributed by atoms with Crippen LogP contribution in [0.5, 0.6) is 0 Å². The number of carbonyl (C=O) groups is 1. The van der Waals surface area contributed by atoms with Crippen LogP contribution in [0.1, 0.15) is 23.2 Å². The van der Waals surface area contributed by atoms with E-state index in [1.165, 1.54) is 0 Å². The Balaban J connectivity index is 2.48. The van der Waals surface area contributed by atoms with Crippen LogP contribution in [0, 0.1) is 12.3 Å². The minimum Gasteiger partial charge on any atom is -0.462 e.